The smallest absolute Gasteiger partial charge is 0.407 e. The Kier molecular flexibility index (Phi) is 13.0. The highest BCUT2D eigenvalue weighted by atomic mass is 16.5. The summed E-state index contributed by atoms with van der Waals surface area (Å²) in [5.74, 6) is 1.57. The van der Waals surface area contributed by atoms with Crippen molar-refractivity contribution in [3.8, 4) is 39.5 Å². The highest BCUT2D eigenvalue weighted by molar-refractivity contribution is 5.92. The van der Waals surface area contributed by atoms with Crippen LogP contribution in [-0.4, -0.2) is 98.2 Å². The van der Waals surface area contributed by atoms with E-state index in [1.807, 2.05) is 26.8 Å². The Bertz CT molecular complexity index is 2630. The number of likely N-dealkylation sites (tertiary alicyclic amines) is 1. The summed E-state index contributed by atoms with van der Waals surface area (Å²) in [5.41, 5.74) is 7.76. The van der Waals surface area contributed by atoms with Crippen LogP contribution < -0.4 is 15.4 Å². The van der Waals surface area contributed by atoms with E-state index >= 15 is 0 Å². The Labute approximate surface area is 371 Å². The van der Waals surface area contributed by atoms with Crippen molar-refractivity contribution in [2.75, 3.05) is 33.9 Å². The number of aromatic amines is 2. The molecule has 3 aromatic heterocycles. The van der Waals surface area contributed by atoms with Crippen molar-refractivity contribution in [2.24, 2.45) is 5.92 Å². The summed E-state index contributed by atoms with van der Waals surface area (Å²) >= 11 is 0. The number of H-pyrrole nitrogens is 2. The number of methoxy groups -OCH3 is 2. The van der Waals surface area contributed by atoms with Gasteiger partial charge >= 0.3 is 12.2 Å². The quantitative estimate of drug-likeness (QED) is 0.0800. The van der Waals surface area contributed by atoms with E-state index in [0.29, 0.717) is 24.7 Å². The molecule has 3 unspecified atom stereocenters. The molecular formula is C48H55N9O7. The van der Waals surface area contributed by atoms with Crippen LogP contribution in [0.1, 0.15) is 75.9 Å². The molecule has 334 valence electrons. The Morgan fingerprint density at radius 1 is 0.922 bits per heavy atom. The van der Waals surface area contributed by atoms with Crippen molar-refractivity contribution in [3.05, 3.63) is 102 Å². The molecule has 6 aromatic rings. The zero-order chi connectivity index (χ0) is 44.9. The van der Waals surface area contributed by atoms with Gasteiger partial charge in [-0.3, -0.25) is 9.59 Å². The van der Waals surface area contributed by atoms with Gasteiger partial charge in [-0.2, -0.15) is 0 Å². The average molecular weight is 870 g/mol. The molecular weight excluding hydrogens is 815 g/mol. The molecule has 16 heteroatoms. The molecule has 0 radical (unpaired) electrons. The van der Waals surface area contributed by atoms with Crippen molar-refractivity contribution in [2.45, 2.75) is 77.7 Å². The van der Waals surface area contributed by atoms with Crippen molar-refractivity contribution < 1.29 is 33.4 Å². The van der Waals surface area contributed by atoms with Gasteiger partial charge in [-0.15, -0.1) is 0 Å². The number of ether oxygens (including phenoxy) is 3. The summed E-state index contributed by atoms with van der Waals surface area (Å²) in [7, 11) is 2.55. The fourth-order valence-corrected chi connectivity index (χ4v) is 8.77. The van der Waals surface area contributed by atoms with Crippen LogP contribution in [0.5, 0.6) is 5.75 Å². The Morgan fingerprint density at radius 3 is 2.44 bits per heavy atom. The van der Waals surface area contributed by atoms with Crippen LogP contribution in [0.2, 0.25) is 0 Å². The summed E-state index contributed by atoms with van der Waals surface area (Å²) in [6, 6.07) is 24.2. The molecule has 2 aliphatic heterocycles. The number of imidazole rings is 2. The van der Waals surface area contributed by atoms with E-state index in [1.165, 1.54) is 19.8 Å². The zero-order valence-electron chi connectivity index (χ0n) is 36.9. The number of amides is 4. The van der Waals surface area contributed by atoms with Crippen LogP contribution in [0.25, 0.3) is 44.7 Å². The van der Waals surface area contributed by atoms with E-state index < -0.39 is 18.2 Å². The van der Waals surface area contributed by atoms with Gasteiger partial charge in [0.15, 0.2) is 6.23 Å². The summed E-state index contributed by atoms with van der Waals surface area (Å²) in [5, 5.41) is 6.23. The third kappa shape index (κ3) is 9.17. The Morgan fingerprint density at radius 2 is 1.67 bits per heavy atom. The maximum absolute atomic E-state index is 13.7. The van der Waals surface area contributed by atoms with E-state index in [4.69, 9.17) is 14.5 Å². The number of benzene rings is 3. The highest BCUT2D eigenvalue weighted by Gasteiger charge is 2.33. The number of fused-ring (bicyclic) bond motifs is 5. The van der Waals surface area contributed by atoms with Crippen LogP contribution in [-0.2, 0) is 32.0 Å². The van der Waals surface area contributed by atoms with E-state index in [1.54, 1.807) is 22.2 Å². The van der Waals surface area contributed by atoms with Gasteiger partial charge in [0.1, 0.15) is 30.0 Å². The lowest BCUT2D eigenvalue weighted by molar-refractivity contribution is -0.135. The minimum Gasteiger partial charge on any atom is -0.469 e. The second-order valence-corrected chi connectivity index (χ2v) is 16.6. The number of carbonyl (C=O) groups excluding carboxylic acids is 4. The predicted octanol–water partition coefficient (Wildman–Crippen LogP) is 7.75. The molecule has 16 nitrogen and oxygen atoms in total. The van der Waals surface area contributed by atoms with Gasteiger partial charge in [-0.05, 0) is 67.5 Å². The van der Waals surface area contributed by atoms with Crippen LogP contribution in [0.3, 0.4) is 0 Å². The standard InChI is InChI=1S/C48H55N9O7/c1-6-20-55(46(59)44(29(2)3)54-48(61)63-5)28-41-49-25-35(52-41)31-16-18-37-33(22-31)23-39-34-17-15-32(24-40(34)64-43(57(37)39)19-14-30-11-8-7-9-12-30)36-26-50-45(53-36)38-13-10-21-56(38)42(58)27-51-47(60)62-4/h7-9,11-12,15-18,22-26,29,38,43-44H,6,10,13-14,19-21,27-28H2,1-5H3,(H,49,52)(H,50,53)(H,51,60)(H,54,61). The van der Waals surface area contributed by atoms with Crippen molar-refractivity contribution in [1.82, 2.24) is 44.9 Å². The van der Waals surface area contributed by atoms with Crippen LogP contribution in [0.4, 0.5) is 9.59 Å². The molecule has 0 aliphatic carbocycles. The molecule has 3 atom stereocenters. The van der Waals surface area contributed by atoms with Gasteiger partial charge in [-0.1, -0.05) is 63.2 Å². The second-order valence-electron chi connectivity index (χ2n) is 16.6. The minimum absolute atomic E-state index is 0.140. The molecule has 4 amide bonds. The molecule has 4 N–H and O–H groups in total. The van der Waals surface area contributed by atoms with E-state index in [-0.39, 0.29) is 43.1 Å². The molecule has 8 rings (SSSR count). The van der Waals surface area contributed by atoms with Gasteiger partial charge in [0.05, 0.1) is 61.8 Å². The Balaban J connectivity index is 1.06. The number of aryl methyl sites for hydroxylation is 1. The fourth-order valence-electron chi connectivity index (χ4n) is 8.77. The third-order valence-corrected chi connectivity index (χ3v) is 12.0. The number of aromatic nitrogens is 5. The summed E-state index contributed by atoms with van der Waals surface area (Å²) in [6.45, 7) is 6.99. The number of alkyl carbamates (subject to hydrolysis) is 2. The van der Waals surface area contributed by atoms with Crippen molar-refractivity contribution in [3.63, 3.8) is 0 Å². The normalized spacial score (nSPS) is 15.9. The average Bonchev–Trinajstić information content (AvgIpc) is 4.15. The zero-order valence-corrected chi connectivity index (χ0v) is 36.9. The minimum atomic E-state index is -0.733. The lowest BCUT2D eigenvalue weighted by Crippen LogP contribution is -2.51. The highest BCUT2D eigenvalue weighted by Crippen LogP contribution is 2.45. The predicted molar refractivity (Wildman–Crippen MR) is 241 cm³/mol. The number of carbonyl (C=O) groups is 4. The first-order valence-electron chi connectivity index (χ1n) is 21.9. The van der Waals surface area contributed by atoms with Crippen molar-refractivity contribution in [1.29, 1.82) is 0 Å². The molecule has 1 saturated heterocycles. The van der Waals surface area contributed by atoms with Gasteiger partial charge in [0.25, 0.3) is 0 Å². The fraction of sp³-hybridized carbons (Fsp3) is 0.375. The molecule has 64 heavy (non-hydrogen) atoms. The second kappa shape index (κ2) is 19.1. The number of hydrogen-bond donors (Lipinski definition) is 4. The first-order valence-corrected chi connectivity index (χ1v) is 21.9. The Hall–Kier alpha value is -7.10. The van der Waals surface area contributed by atoms with Gasteiger partial charge in [-0.25, -0.2) is 19.6 Å². The topological polar surface area (TPSA) is 189 Å². The van der Waals surface area contributed by atoms with Crippen LogP contribution >= 0.6 is 0 Å². The number of hydrogen-bond acceptors (Lipinski definition) is 9. The number of nitrogens with zero attached hydrogens (tertiary/aromatic N) is 5. The lowest BCUT2D eigenvalue weighted by atomic mass is 10.0. The molecule has 5 heterocycles. The monoisotopic (exact) mass is 869 g/mol. The molecule has 1 fully saturated rings. The van der Waals surface area contributed by atoms with Gasteiger partial charge in [0, 0.05) is 41.6 Å². The summed E-state index contributed by atoms with van der Waals surface area (Å²) < 4.78 is 18.6. The van der Waals surface area contributed by atoms with Gasteiger partial charge in [0.2, 0.25) is 11.8 Å². The molecule has 0 spiro atoms. The van der Waals surface area contributed by atoms with Gasteiger partial charge < -0.3 is 49.2 Å². The number of nitrogens with one attached hydrogen (secondary N) is 4. The van der Waals surface area contributed by atoms with E-state index in [2.05, 4.69) is 102 Å². The molecule has 0 bridgehead atoms. The molecule has 3 aromatic carbocycles. The first kappa shape index (κ1) is 43.5. The van der Waals surface area contributed by atoms with Crippen molar-refractivity contribution >= 4 is 34.9 Å². The maximum Gasteiger partial charge on any atom is 0.407 e. The summed E-state index contributed by atoms with van der Waals surface area (Å²) in [4.78, 5) is 70.2. The maximum atomic E-state index is 13.7. The lowest BCUT2D eigenvalue weighted by Gasteiger charge is -2.30. The van der Waals surface area contributed by atoms with Crippen LogP contribution in [0, 0.1) is 5.92 Å². The largest absolute Gasteiger partial charge is 0.469 e. The van der Waals surface area contributed by atoms with E-state index in [9.17, 15) is 19.2 Å². The molecule has 2 aliphatic rings. The molecule has 0 saturated carbocycles. The van der Waals surface area contributed by atoms with E-state index in [0.717, 1.165) is 82.5 Å². The SMILES string of the molecule is CCCN(Cc1ncc(-c2ccc3c(c2)cc2n3C(CCc3ccccc3)Oc3cc(-c4cnc(C5CCCN5C(=O)CNC(=O)OC)[nH]4)ccc3-2)[nH]1)C(=O)C(NC(=O)OC)C(C)C. The number of rotatable bonds is 15. The van der Waals surface area contributed by atoms with Crippen LogP contribution in [0.15, 0.2) is 85.2 Å². The third-order valence-electron chi connectivity index (χ3n) is 12.0. The first-order chi connectivity index (χ1) is 31.0. The summed E-state index contributed by atoms with van der Waals surface area (Å²) in [6.07, 6.45) is 5.89.